The normalized spacial score (nSPS) is 10.3. The number of thiazole rings is 1. The van der Waals surface area contributed by atoms with Crippen LogP contribution in [0.4, 0.5) is 0 Å². The van der Waals surface area contributed by atoms with Gasteiger partial charge in [0.2, 0.25) is 5.88 Å². The Labute approximate surface area is 105 Å². The molecule has 1 aromatic heterocycles. The summed E-state index contributed by atoms with van der Waals surface area (Å²) in [5.41, 5.74) is 2.30. The lowest BCUT2D eigenvalue weighted by atomic mass is 10.1. The zero-order valence-electron chi connectivity index (χ0n) is 10.2. The molecule has 0 aliphatic heterocycles. The van der Waals surface area contributed by atoms with Crippen LogP contribution in [-0.4, -0.2) is 19.2 Å². The maximum Gasteiger partial charge on any atom is 0.224 e. The van der Waals surface area contributed by atoms with E-state index in [0.717, 1.165) is 22.7 Å². The lowest BCUT2D eigenvalue weighted by Gasteiger charge is -2.07. The highest BCUT2D eigenvalue weighted by atomic mass is 32.1. The van der Waals surface area contributed by atoms with E-state index in [-0.39, 0.29) is 0 Å². The van der Waals surface area contributed by atoms with Gasteiger partial charge in [0.15, 0.2) is 0 Å². The van der Waals surface area contributed by atoms with E-state index < -0.39 is 0 Å². The monoisotopic (exact) mass is 249 g/mol. The van der Waals surface area contributed by atoms with Crippen LogP contribution in [0.15, 0.2) is 23.6 Å². The lowest BCUT2D eigenvalue weighted by Crippen LogP contribution is -1.91. The molecule has 0 fully saturated rings. The quantitative estimate of drug-likeness (QED) is 0.832. The minimum absolute atomic E-state index is 0.666. The first-order valence-corrected chi connectivity index (χ1v) is 6.33. The minimum atomic E-state index is 0.666. The Morgan fingerprint density at radius 1 is 1.24 bits per heavy atom. The van der Waals surface area contributed by atoms with Crippen LogP contribution < -0.4 is 9.47 Å². The molecule has 17 heavy (non-hydrogen) atoms. The SMILES string of the molecule is CCc1cc(-c2nc(OC)cs2)ccc1OC. The molecule has 0 amide bonds. The van der Waals surface area contributed by atoms with Gasteiger partial charge < -0.3 is 9.47 Å². The molecule has 0 radical (unpaired) electrons. The van der Waals surface area contributed by atoms with Crippen LogP contribution in [0.1, 0.15) is 12.5 Å². The van der Waals surface area contributed by atoms with Crippen LogP contribution in [0.5, 0.6) is 11.6 Å². The maximum atomic E-state index is 5.31. The first kappa shape index (κ1) is 11.9. The van der Waals surface area contributed by atoms with Gasteiger partial charge >= 0.3 is 0 Å². The summed E-state index contributed by atoms with van der Waals surface area (Å²) in [5.74, 6) is 1.60. The molecule has 0 spiro atoms. The number of benzene rings is 1. The third kappa shape index (κ3) is 2.42. The molecule has 0 aliphatic rings. The van der Waals surface area contributed by atoms with Crippen LogP contribution >= 0.6 is 11.3 Å². The summed E-state index contributed by atoms with van der Waals surface area (Å²) in [6, 6.07) is 6.13. The summed E-state index contributed by atoms with van der Waals surface area (Å²) >= 11 is 1.58. The second kappa shape index (κ2) is 5.19. The number of methoxy groups -OCH3 is 2. The summed E-state index contributed by atoms with van der Waals surface area (Å²) in [6.45, 7) is 2.12. The van der Waals surface area contributed by atoms with Crippen molar-refractivity contribution in [2.24, 2.45) is 0 Å². The Morgan fingerprint density at radius 2 is 2.06 bits per heavy atom. The largest absolute Gasteiger partial charge is 0.496 e. The summed E-state index contributed by atoms with van der Waals surface area (Å²) in [4.78, 5) is 4.39. The predicted molar refractivity (Wildman–Crippen MR) is 70.0 cm³/mol. The van der Waals surface area contributed by atoms with Gasteiger partial charge in [-0.3, -0.25) is 0 Å². The van der Waals surface area contributed by atoms with Crippen molar-refractivity contribution >= 4 is 11.3 Å². The van der Waals surface area contributed by atoms with Crippen molar-refractivity contribution in [3.63, 3.8) is 0 Å². The van der Waals surface area contributed by atoms with Crippen molar-refractivity contribution in [3.8, 4) is 22.2 Å². The molecule has 0 unspecified atom stereocenters. The number of ether oxygens (including phenoxy) is 2. The predicted octanol–water partition coefficient (Wildman–Crippen LogP) is 3.39. The van der Waals surface area contributed by atoms with Crippen LogP contribution in [0.3, 0.4) is 0 Å². The first-order chi connectivity index (χ1) is 8.28. The van der Waals surface area contributed by atoms with E-state index in [4.69, 9.17) is 9.47 Å². The fourth-order valence-electron chi connectivity index (χ4n) is 1.67. The topological polar surface area (TPSA) is 31.4 Å². The Kier molecular flexibility index (Phi) is 3.64. The summed E-state index contributed by atoms with van der Waals surface area (Å²) in [5, 5.41) is 2.88. The maximum absolute atomic E-state index is 5.31. The Hall–Kier alpha value is -1.55. The molecule has 0 N–H and O–H groups in total. The second-order valence-corrected chi connectivity index (χ2v) is 4.43. The van der Waals surface area contributed by atoms with E-state index >= 15 is 0 Å². The number of rotatable bonds is 4. The number of aryl methyl sites for hydroxylation is 1. The third-order valence-corrected chi connectivity index (χ3v) is 3.47. The molecule has 4 heteroatoms. The average molecular weight is 249 g/mol. The molecular formula is C13H15NO2S. The highest BCUT2D eigenvalue weighted by Crippen LogP contribution is 2.30. The van der Waals surface area contributed by atoms with Gasteiger partial charge in [-0.05, 0) is 30.2 Å². The Morgan fingerprint density at radius 3 is 2.65 bits per heavy atom. The van der Waals surface area contributed by atoms with E-state index in [1.54, 1.807) is 25.6 Å². The van der Waals surface area contributed by atoms with Crippen molar-refractivity contribution in [3.05, 3.63) is 29.1 Å². The third-order valence-electron chi connectivity index (χ3n) is 2.60. The van der Waals surface area contributed by atoms with Gasteiger partial charge in [-0.1, -0.05) is 6.92 Å². The molecule has 2 aromatic rings. The van der Waals surface area contributed by atoms with Crippen molar-refractivity contribution in [2.75, 3.05) is 14.2 Å². The molecule has 1 aromatic carbocycles. The van der Waals surface area contributed by atoms with Crippen molar-refractivity contribution < 1.29 is 9.47 Å². The number of hydrogen-bond acceptors (Lipinski definition) is 4. The van der Waals surface area contributed by atoms with Crippen LogP contribution in [0, 0.1) is 0 Å². The summed E-state index contributed by atoms with van der Waals surface area (Å²) in [7, 11) is 3.32. The smallest absolute Gasteiger partial charge is 0.224 e. The Bertz CT molecular complexity index is 508. The van der Waals surface area contributed by atoms with Gasteiger partial charge in [-0.2, -0.15) is 0 Å². The zero-order chi connectivity index (χ0) is 12.3. The van der Waals surface area contributed by atoms with Gasteiger partial charge in [0.25, 0.3) is 0 Å². The van der Waals surface area contributed by atoms with Crippen LogP contribution in [0.2, 0.25) is 0 Å². The van der Waals surface area contributed by atoms with Crippen molar-refractivity contribution in [2.45, 2.75) is 13.3 Å². The van der Waals surface area contributed by atoms with Crippen molar-refractivity contribution in [1.29, 1.82) is 0 Å². The molecule has 90 valence electrons. The number of nitrogens with zero attached hydrogens (tertiary/aromatic N) is 1. The second-order valence-electron chi connectivity index (χ2n) is 3.58. The van der Waals surface area contributed by atoms with Crippen molar-refractivity contribution in [1.82, 2.24) is 4.98 Å². The summed E-state index contributed by atoms with van der Waals surface area (Å²) in [6.07, 6.45) is 0.944. The lowest BCUT2D eigenvalue weighted by molar-refractivity contribution is 0.401. The number of aromatic nitrogens is 1. The molecule has 3 nitrogen and oxygen atoms in total. The van der Waals surface area contributed by atoms with Gasteiger partial charge in [-0.25, -0.2) is 4.98 Å². The summed E-state index contributed by atoms with van der Waals surface area (Å²) < 4.78 is 10.4. The van der Waals surface area contributed by atoms with Crippen LogP contribution in [-0.2, 0) is 6.42 Å². The van der Waals surface area contributed by atoms with E-state index in [1.807, 2.05) is 17.5 Å². The van der Waals surface area contributed by atoms with Gasteiger partial charge in [-0.15, -0.1) is 11.3 Å². The zero-order valence-corrected chi connectivity index (χ0v) is 11.0. The molecule has 0 saturated heterocycles. The molecule has 0 saturated carbocycles. The standard InChI is InChI=1S/C13H15NO2S/c1-4-9-7-10(5-6-11(9)15-2)13-14-12(16-3)8-17-13/h5-8H,4H2,1-3H3. The molecular weight excluding hydrogens is 234 g/mol. The van der Waals surface area contributed by atoms with Gasteiger partial charge in [0.05, 0.1) is 19.6 Å². The molecule has 0 bridgehead atoms. The van der Waals surface area contributed by atoms with E-state index in [9.17, 15) is 0 Å². The van der Waals surface area contributed by atoms with Gasteiger partial charge in [0.1, 0.15) is 10.8 Å². The van der Waals surface area contributed by atoms with Gasteiger partial charge in [0, 0.05) is 5.56 Å². The van der Waals surface area contributed by atoms with E-state index in [1.165, 1.54) is 5.56 Å². The minimum Gasteiger partial charge on any atom is -0.496 e. The molecule has 0 aliphatic carbocycles. The Balaban J connectivity index is 2.38. The molecule has 2 rings (SSSR count). The first-order valence-electron chi connectivity index (χ1n) is 5.45. The average Bonchev–Trinajstić information content (AvgIpc) is 2.86. The van der Waals surface area contributed by atoms with E-state index in [2.05, 4.69) is 18.0 Å². The highest BCUT2D eigenvalue weighted by Gasteiger charge is 2.08. The van der Waals surface area contributed by atoms with E-state index in [0.29, 0.717) is 5.88 Å². The molecule has 0 atom stereocenters. The fourth-order valence-corrected chi connectivity index (χ4v) is 2.44. The fraction of sp³-hybridized carbons (Fsp3) is 0.308. The number of hydrogen-bond donors (Lipinski definition) is 0. The molecule has 1 heterocycles. The highest BCUT2D eigenvalue weighted by molar-refractivity contribution is 7.13. The van der Waals surface area contributed by atoms with Crippen LogP contribution in [0.25, 0.3) is 10.6 Å².